The fourth-order valence-corrected chi connectivity index (χ4v) is 3.86. The van der Waals surface area contributed by atoms with Gasteiger partial charge in [-0.25, -0.2) is 4.98 Å². The van der Waals surface area contributed by atoms with Gasteiger partial charge in [0.15, 0.2) is 0 Å². The van der Waals surface area contributed by atoms with E-state index in [1.165, 1.54) is 32.9 Å². The van der Waals surface area contributed by atoms with E-state index in [-0.39, 0.29) is 0 Å². The van der Waals surface area contributed by atoms with Gasteiger partial charge < -0.3 is 14.8 Å². The van der Waals surface area contributed by atoms with Gasteiger partial charge in [-0.2, -0.15) is 0 Å². The smallest absolute Gasteiger partial charge is 0.132 e. The molecule has 2 heterocycles. The van der Waals surface area contributed by atoms with Crippen molar-refractivity contribution < 1.29 is 0 Å². The summed E-state index contributed by atoms with van der Waals surface area (Å²) in [4.78, 5) is 6.53. The van der Waals surface area contributed by atoms with Crippen LogP contribution >= 0.6 is 0 Å². The first-order valence-electron chi connectivity index (χ1n) is 9.51. The first-order chi connectivity index (χ1) is 13.2. The van der Waals surface area contributed by atoms with Crippen molar-refractivity contribution in [2.45, 2.75) is 26.6 Å². The summed E-state index contributed by atoms with van der Waals surface area (Å²) in [6.45, 7) is 4.83. The van der Waals surface area contributed by atoms with E-state index >= 15 is 0 Å². The Morgan fingerprint density at radius 2 is 1.74 bits per heavy atom. The lowest BCUT2D eigenvalue weighted by Crippen LogP contribution is -2.18. The number of aromatic nitrogens is 2. The van der Waals surface area contributed by atoms with E-state index in [1.54, 1.807) is 0 Å². The van der Waals surface area contributed by atoms with E-state index in [0.717, 1.165) is 25.5 Å². The molecule has 4 aromatic rings. The largest absolute Gasteiger partial charge is 0.362 e. The summed E-state index contributed by atoms with van der Waals surface area (Å²) in [6, 6.07) is 19.6. The van der Waals surface area contributed by atoms with Gasteiger partial charge in [-0.1, -0.05) is 30.3 Å². The number of fused-ring (bicyclic) bond motifs is 3. The van der Waals surface area contributed by atoms with Crippen LogP contribution in [0.5, 0.6) is 0 Å². The van der Waals surface area contributed by atoms with Gasteiger partial charge in [0.05, 0.1) is 0 Å². The van der Waals surface area contributed by atoms with Gasteiger partial charge in [0, 0.05) is 67.3 Å². The number of nitrogens with zero attached hydrogens (tertiary/aromatic N) is 3. The van der Waals surface area contributed by atoms with Crippen LogP contribution in [0.1, 0.15) is 18.1 Å². The van der Waals surface area contributed by atoms with E-state index in [4.69, 9.17) is 0 Å². The van der Waals surface area contributed by atoms with Crippen LogP contribution in [0.15, 0.2) is 60.8 Å². The fourth-order valence-electron chi connectivity index (χ4n) is 3.86. The van der Waals surface area contributed by atoms with Crippen LogP contribution in [-0.4, -0.2) is 23.6 Å². The number of hydrogen-bond donors (Lipinski definition) is 1. The van der Waals surface area contributed by atoms with Crippen molar-refractivity contribution in [2.75, 3.05) is 19.0 Å². The molecule has 0 radical (unpaired) electrons. The molecular weight excluding hydrogens is 332 g/mol. The zero-order chi connectivity index (χ0) is 18.8. The van der Waals surface area contributed by atoms with Crippen molar-refractivity contribution in [3.63, 3.8) is 0 Å². The highest BCUT2D eigenvalue weighted by Crippen LogP contribution is 2.29. The molecule has 4 heteroatoms. The zero-order valence-corrected chi connectivity index (χ0v) is 16.2. The number of aryl methyl sites for hydroxylation is 1. The monoisotopic (exact) mass is 358 g/mol. The Kier molecular flexibility index (Phi) is 4.82. The predicted octanol–water partition coefficient (Wildman–Crippen LogP) is 4.57. The fraction of sp³-hybridized carbons (Fsp3) is 0.261. The molecule has 4 nitrogen and oxygen atoms in total. The molecule has 0 bridgehead atoms. The maximum Gasteiger partial charge on any atom is 0.132 e. The topological polar surface area (TPSA) is 33.1 Å². The number of rotatable bonds is 6. The lowest BCUT2D eigenvalue weighted by atomic mass is 10.1. The molecule has 2 aromatic heterocycles. The Morgan fingerprint density at radius 1 is 0.926 bits per heavy atom. The summed E-state index contributed by atoms with van der Waals surface area (Å²) in [5, 5.41) is 6.24. The number of para-hydroxylation sites is 1. The highest BCUT2D eigenvalue weighted by Gasteiger charge is 2.10. The molecule has 0 fully saturated rings. The molecular formula is C23H26N4. The van der Waals surface area contributed by atoms with E-state index in [1.807, 2.05) is 26.4 Å². The zero-order valence-electron chi connectivity index (χ0n) is 16.2. The standard InChI is InChI=1S/C23H26N4/c1-4-27-21-10-6-5-9-19(21)20-14-17(11-12-22(20)27)15-24-16-18-8-7-13-25-23(18)26(2)3/h5-14,24H,4,15-16H2,1-3H3. The Balaban J connectivity index is 1.58. The van der Waals surface area contributed by atoms with Gasteiger partial charge in [-0.15, -0.1) is 0 Å². The summed E-state index contributed by atoms with van der Waals surface area (Å²) >= 11 is 0. The van der Waals surface area contributed by atoms with Gasteiger partial charge in [0.1, 0.15) is 5.82 Å². The maximum absolute atomic E-state index is 4.47. The number of nitrogens with one attached hydrogen (secondary N) is 1. The Hall–Kier alpha value is -2.85. The summed E-state index contributed by atoms with van der Waals surface area (Å²) < 4.78 is 2.39. The van der Waals surface area contributed by atoms with Gasteiger partial charge >= 0.3 is 0 Å². The van der Waals surface area contributed by atoms with Crippen molar-refractivity contribution in [3.05, 3.63) is 71.9 Å². The average Bonchev–Trinajstić information content (AvgIpc) is 3.01. The molecule has 4 rings (SSSR count). The van der Waals surface area contributed by atoms with Gasteiger partial charge in [0.25, 0.3) is 0 Å². The summed E-state index contributed by atoms with van der Waals surface area (Å²) in [6.07, 6.45) is 1.84. The Bertz CT molecular complexity index is 1080. The first-order valence-corrected chi connectivity index (χ1v) is 9.51. The third kappa shape index (κ3) is 3.28. The predicted molar refractivity (Wildman–Crippen MR) is 114 cm³/mol. The quantitative estimate of drug-likeness (QED) is 0.548. The third-order valence-corrected chi connectivity index (χ3v) is 5.09. The molecule has 1 N–H and O–H groups in total. The molecule has 0 saturated carbocycles. The van der Waals surface area contributed by atoms with Gasteiger partial charge in [-0.3, -0.25) is 0 Å². The van der Waals surface area contributed by atoms with Crippen LogP contribution in [0.4, 0.5) is 5.82 Å². The van der Waals surface area contributed by atoms with E-state index in [9.17, 15) is 0 Å². The molecule has 0 saturated heterocycles. The summed E-state index contributed by atoms with van der Waals surface area (Å²) in [5.41, 5.74) is 5.14. The van der Waals surface area contributed by atoms with Gasteiger partial charge in [0.2, 0.25) is 0 Å². The Morgan fingerprint density at radius 3 is 2.56 bits per heavy atom. The molecule has 0 atom stereocenters. The molecule has 2 aromatic carbocycles. The maximum atomic E-state index is 4.47. The molecule has 0 amide bonds. The number of hydrogen-bond acceptors (Lipinski definition) is 3. The van der Waals surface area contributed by atoms with Crippen LogP contribution < -0.4 is 10.2 Å². The van der Waals surface area contributed by atoms with Crippen molar-refractivity contribution >= 4 is 27.6 Å². The van der Waals surface area contributed by atoms with E-state index in [0.29, 0.717) is 0 Å². The van der Waals surface area contributed by atoms with Crippen molar-refractivity contribution in [3.8, 4) is 0 Å². The van der Waals surface area contributed by atoms with Crippen LogP contribution in [0.3, 0.4) is 0 Å². The van der Waals surface area contributed by atoms with Crippen LogP contribution in [0, 0.1) is 0 Å². The molecule has 0 aliphatic heterocycles. The molecule has 138 valence electrons. The van der Waals surface area contributed by atoms with Crippen LogP contribution in [0.2, 0.25) is 0 Å². The minimum absolute atomic E-state index is 0.802. The summed E-state index contributed by atoms with van der Waals surface area (Å²) in [5.74, 6) is 1.02. The minimum atomic E-state index is 0.802. The number of benzene rings is 2. The second-order valence-electron chi connectivity index (χ2n) is 7.10. The van der Waals surface area contributed by atoms with E-state index in [2.05, 4.69) is 75.2 Å². The average molecular weight is 358 g/mol. The van der Waals surface area contributed by atoms with Crippen LogP contribution in [-0.2, 0) is 19.6 Å². The van der Waals surface area contributed by atoms with Crippen molar-refractivity contribution in [1.29, 1.82) is 0 Å². The molecule has 0 spiro atoms. The molecule has 0 aliphatic rings. The molecule has 27 heavy (non-hydrogen) atoms. The summed E-state index contributed by atoms with van der Waals surface area (Å²) in [7, 11) is 4.06. The van der Waals surface area contributed by atoms with E-state index < -0.39 is 0 Å². The second kappa shape index (κ2) is 7.41. The normalized spacial score (nSPS) is 11.4. The molecule has 0 aliphatic carbocycles. The highest BCUT2D eigenvalue weighted by molar-refractivity contribution is 6.08. The number of anilines is 1. The Labute approximate surface area is 160 Å². The molecule has 0 unspecified atom stereocenters. The number of pyridine rings is 1. The van der Waals surface area contributed by atoms with Gasteiger partial charge in [-0.05, 0) is 36.8 Å². The van der Waals surface area contributed by atoms with Crippen molar-refractivity contribution in [2.24, 2.45) is 0 Å². The SMILES string of the molecule is CCn1c2ccccc2c2cc(CNCc3cccnc3N(C)C)ccc21. The lowest BCUT2D eigenvalue weighted by Gasteiger charge is -2.16. The van der Waals surface area contributed by atoms with Crippen molar-refractivity contribution in [1.82, 2.24) is 14.9 Å². The third-order valence-electron chi connectivity index (χ3n) is 5.09. The lowest BCUT2D eigenvalue weighted by molar-refractivity contribution is 0.691. The minimum Gasteiger partial charge on any atom is -0.362 e. The highest BCUT2D eigenvalue weighted by atomic mass is 15.1. The van der Waals surface area contributed by atoms with Crippen LogP contribution in [0.25, 0.3) is 21.8 Å². The first kappa shape index (κ1) is 17.6. The second-order valence-corrected chi connectivity index (χ2v) is 7.10.